The molecule has 7 aromatic carbocycles. The van der Waals surface area contributed by atoms with Crippen molar-refractivity contribution in [3.8, 4) is 5.75 Å². The minimum atomic E-state index is -0.185. The van der Waals surface area contributed by atoms with Gasteiger partial charge in [0.25, 0.3) is 0 Å². The van der Waals surface area contributed by atoms with E-state index in [0.717, 1.165) is 34.2 Å². The van der Waals surface area contributed by atoms with Gasteiger partial charge in [-0.05, 0) is 102 Å². The number of anilines is 3. The van der Waals surface area contributed by atoms with Gasteiger partial charge in [-0.1, -0.05) is 206 Å². The molecule has 0 bridgehead atoms. The zero-order chi connectivity index (χ0) is 51.5. The normalized spacial score (nSPS) is 26.4. The van der Waals surface area contributed by atoms with Crippen molar-refractivity contribution in [2.45, 2.75) is 64.1 Å². The van der Waals surface area contributed by atoms with Gasteiger partial charge in [-0.3, -0.25) is 0 Å². The monoisotopic (exact) mass is 1000 g/mol. The van der Waals surface area contributed by atoms with Gasteiger partial charge in [0.05, 0.1) is 35.4 Å². The van der Waals surface area contributed by atoms with E-state index in [2.05, 4.69) is 268 Å². The van der Waals surface area contributed by atoms with Gasteiger partial charge in [0.1, 0.15) is 18.0 Å². The molecule has 5 aliphatic carbocycles. The van der Waals surface area contributed by atoms with E-state index >= 15 is 0 Å². The van der Waals surface area contributed by atoms with E-state index < -0.39 is 0 Å². The van der Waals surface area contributed by atoms with Crippen LogP contribution >= 0.6 is 0 Å². The van der Waals surface area contributed by atoms with Crippen LogP contribution in [0.2, 0.25) is 0 Å². The van der Waals surface area contributed by atoms with E-state index in [1.54, 1.807) is 0 Å². The molecular weight excluding hydrogens is 941 g/mol. The van der Waals surface area contributed by atoms with Crippen LogP contribution in [-0.4, -0.2) is 18.3 Å². The third kappa shape index (κ3) is 7.35. The Bertz CT molecular complexity index is 3820. The Morgan fingerprint density at radius 3 is 1.53 bits per heavy atom. The minimum absolute atomic E-state index is 0.0104. The van der Waals surface area contributed by atoms with Crippen molar-refractivity contribution in [2.24, 2.45) is 23.7 Å². The predicted molar refractivity (Wildman–Crippen MR) is 312 cm³/mol. The van der Waals surface area contributed by atoms with E-state index in [-0.39, 0.29) is 60.1 Å². The number of para-hydroxylation sites is 1. The van der Waals surface area contributed by atoms with Crippen molar-refractivity contribution < 1.29 is 14.2 Å². The lowest BCUT2D eigenvalue weighted by Gasteiger charge is -2.40. The number of hydrogen-bond acceptors (Lipinski definition) is 5. The van der Waals surface area contributed by atoms with E-state index in [9.17, 15) is 0 Å². The summed E-state index contributed by atoms with van der Waals surface area (Å²) in [6, 6.07) is 60.0. The van der Waals surface area contributed by atoms with Crippen molar-refractivity contribution in [3.05, 3.63) is 298 Å². The second-order valence-electron chi connectivity index (χ2n) is 22.3. The topological polar surface area (TPSA) is 34.2 Å². The van der Waals surface area contributed by atoms with Crippen LogP contribution in [0, 0.1) is 51.4 Å². The predicted octanol–water partition coefficient (Wildman–Crippen LogP) is 16.6. The van der Waals surface area contributed by atoms with Crippen LogP contribution < -0.4 is 14.5 Å². The highest BCUT2D eigenvalue weighted by molar-refractivity contribution is 5.95. The molecule has 8 aliphatic rings. The summed E-state index contributed by atoms with van der Waals surface area (Å²) in [7, 11) is 0. The molecule has 0 N–H and O–H groups in total. The molecule has 2 fully saturated rings. The summed E-state index contributed by atoms with van der Waals surface area (Å²) < 4.78 is 22.4. The van der Waals surface area contributed by atoms with Gasteiger partial charge in [0.2, 0.25) is 0 Å². The summed E-state index contributed by atoms with van der Waals surface area (Å²) in [6.07, 6.45) is 25.0. The van der Waals surface area contributed by atoms with Crippen LogP contribution in [0.4, 0.5) is 17.1 Å². The van der Waals surface area contributed by atoms with Crippen molar-refractivity contribution in [3.63, 3.8) is 0 Å². The maximum absolute atomic E-state index is 7.58. The molecule has 376 valence electrons. The Balaban J connectivity index is 0.891. The lowest BCUT2D eigenvalue weighted by molar-refractivity contribution is 0.0314. The highest BCUT2D eigenvalue weighted by atomic mass is 16.5. The fourth-order valence-electron chi connectivity index (χ4n) is 14.1. The van der Waals surface area contributed by atoms with Crippen LogP contribution in [-0.2, 0) is 9.47 Å². The number of benzene rings is 7. The van der Waals surface area contributed by atoms with Crippen molar-refractivity contribution in [1.82, 2.24) is 0 Å². The van der Waals surface area contributed by atoms with E-state index in [1.165, 1.54) is 78.0 Å². The highest BCUT2D eigenvalue weighted by Crippen LogP contribution is 2.61. The number of nitrogens with zero attached hydrogens (tertiary/aromatic N) is 2. The molecule has 10 atom stereocenters. The highest BCUT2D eigenvalue weighted by Gasteiger charge is 2.53. The molecule has 0 saturated carbocycles. The SMILES string of the molecule is Cc1ccc(C)c(N(C2=CC3C(OC4c5ccccc5C(N(c5cc(C)ccc5C)c5cccc6c5OC5C(c7ccccc7)=CC=CC65)=CC43)c3ccccc32)C2=CC=CC3C2OC2C(c4ccccc4)=CC=CC23)c1. The maximum Gasteiger partial charge on any atom is 0.148 e. The van der Waals surface area contributed by atoms with Gasteiger partial charge in [-0.15, -0.1) is 0 Å². The fourth-order valence-corrected chi connectivity index (χ4v) is 14.1. The van der Waals surface area contributed by atoms with Gasteiger partial charge < -0.3 is 24.0 Å². The van der Waals surface area contributed by atoms with Crippen LogP contribution in [0.15, 0.2) is 236 Å². The Morgan fingerprint density at radius 1 is 0.390 bits per heavy atom. The fraction of sp³-hybridized carbons (Fsp3) is 0.194. The molecule has 10 unspecified atom stereocenters. The molecule has 0 aromatic heterocycles. The molecule has 2 saturated heterocycles. The van der Waals surface area contributed by atoms with Gasteiger partial charge in [0.15, 0.2) is 0 Å². The van der Waals surface area contributed by atoms with Crippen molar-refractivity contribution >= 4 is 39.6 Å². The first-order chi connectivity index (χ1) is 37.9. The van der Waals surface area contributed by atoms with Gasteiger partial charge in [-0.25, -0.2) is 0 Å². The van der Waals surface area contributed by atoms with Crippen molar-refractivity contribution in [1.29, 1.82) is 0 Å². The first kappa shape index (κ1) is 46.1. The number of rotatable bonds is 8. The Hall–Kier alpha value is -8.22. The Morgan fingerprint density at radius 2 is 0.896 bits per heavy atom. The number of aryl methyl sites for hydroxylation is 4. The second kappa shape index (κ2) is 18.2. The molecule has 15 rings (SSSR count). The number of ether oxygens (including phenoxy) is 3. The third-order valence-electron chi connectivity index (χ3n) is 17.7. The third-order valence-corrected chi connectivity index (χ3v) is 17.7. The largest absolute Gasteiger partial charge is 0.482 e. The number of hydrogen-bond donors (Lipinski definition) is 0. The molecular formula is C72H60N2O3. The van der Waals surface area contributed by atoms with Crippen LogP contribution in [0.3, 0.4) is 0 Å². The van der Waals surface area contributed by atoms with E-state index in [1.807, 2.05) is 0 Å². The summed E-state index contributed by atoms with van der Waals surface area (Å²) in [5.41, 5.74) is 22.4. The molecule has 0 radical (unpaired) electrons. The zero-order valence-electron chi connectivity index (χ0n) is 43.8. The zero-order valence-corrected chi connectivity index (χ0v) is 43.8. The number of fused-ring (bicyclic) bond motifs is 13. The lowest BCUT2D eigenvalue weighted by Crippen LogP contribution is -2.36. The van der Waals surface area contributed by atoms with Crippen molar-refractivity contribution in [2.75, 3.05) is 9.80 Å². The molecule has 3 aliphatic heterocycles. The molecule has 77 heavy (non-hydrogen) atoms. The molecule has 5 heteroatoms. The quantitative estimate of drug-likeness (QED) is 0.152. The second-order valence-corrected chi connectivity index (χ2v) is 22.3. The minimum Gasteiger partial charge on any atom is -0.482 e. The molecule has 7 aromatic rings. The molecule has 0 spiro atoms. The van der Waals surface area contributed by atoms with Gasteiger partial charge in [0, 0.05) is 68.9 Å². The van der Waals surface area contributed by atoms with E-state index in [0.29, 0.717) is 0 Å². The molecule has 3 heterocycles. The summed E-state index contributed by atoms with van der Waals surface area (Å²) in [4.78, 5) is 5.09. The first-order valence-corrected chi connectivity index (χ1v) is 27.6. The van der Waals surface area contributed by atoms with E-state index in [4.69, 9.17) is 14.2 Å². The van der Waals surface area contributed by atoms with Crippen LogP contribution in [0.1, 0.15) is 79.3 Å². The number of allylic oxidation sites excluding steroid dienone is 6. The smallest absolute Gasteiger partial charge is 0.148 e. The average molecular weight is 1000 g/mol. The van der Waals surface area contributed by atoms with Crippen LogP contribution in [0.25, 0.3) is 22.5 Å². The summed E-state index contributed by atoms with van der Waals surface area (Å²) in [5, 5.41) is 0. The van der Waals surface area contributed by atoms with Crippen LogP contribution in [0.5, 0.6) is 5.75 Å². The Labute approximate surface area is 452 Å². The Kier molecular flexibility index (Phi) is 10.9. The summed E-state index contributed by atoms with van der Waals surface area (Å²) in [5.74, 6) is 1.35. The summed E-state index contributed by atoms with van der Waals surface area (Å²) in [6.45, 7) is 8.90. The van der Waals surface area contributed by atoms with Gasteiger partial charge in [-0.2, -0.15) is 0 Å². The lowest BCUT2D eigenvalue weighted by atomic mass is 9.73. The standard InChI is InChI=1S/C72H60N2O3/c1-43-35-37-45(3)63(39-43)73(61-33-17-31-57-55-29-15-27-49(67(55)76-71(57)61)47-19-7-5-8-20-47)65-41-59-60-42-66(52-24-12-14-26-54(52)70(60)75-69(59)53-25-13-11-23-51(53)65)74(64-40-44(2)36-38-46(64)4)62-34-18-32-58-56-30-16-28-50(68(56)77-72(58)62)48-21-9-6-10-22-48/h5-42,55-57,59-60,67-71H,1-4H3. The molecule has 0 amide bonds. The molecule has 5 nitrogen and oxygen atoms in total. The maximum atomic E-state index is 7.58. The van der Waals surface area contributed by atoms with Gasteiger partial charge >= 0.3 is 0 Å². The summed E-state index contributed by atoms with van der Waals surface area (Å²) >= 11 is 0. The first-order valence-electron chi connectivity index (χ1n) is 27.6. The average Bonchev–Trinajstić information content (AvgIpc) is 4.37.